The predicted octanol–water partition coefficient (Wildman–Crippen LogP) is 4.47. The topological polar surface area (TPSA) is 70.4 Å². The van der Waals surface area contributed by atoms with Gasteiger partial charge in [0.15, 0.2) is 5.75 Å². The minimum absolute atomic E-state index is 0.120. The van der Waals surface area contributed by atoms with Gasteiger partial charge in [-0.2, -0.15) is 0 Å². The van der Waals surface area contributed by atoms with Gasteiger partial charge in [-0.1, -0.05) is 23.8 Å². The third-order valence-electron chi connectivity index (χ3n) is 5.21. The maximum atomic E-state index is 13.3. The van der Waals surface area contributed by atoms with Gasteiger partial charge in [0.2, 0.25) is 0 Å². The third kappa shape index (κ3) is 2.35. The Bertz CT molecular complexity index is 1050. The molecule has 0 atom stereocenters. The molecule has 1 heterocycles. The van der Waals surface area contributed by atoms with E-state index in [1.807, 2.05) is 19.9 Å². The first-order chi connectivity index (χ1) is 12.3. The van der Waals surface area contributed by atoms with E-state index < -0.39 is 11.4 Å². The minimum Gasteiger partial charge on any atom is -0.505 e. The van der Waals surface area contributed by atoms with Crippen molar-refractivity contribution < 1.29 is 19.4 Å². The number of carbonyl (C=O) groups is 1. The standard InChI is InChI=1S/C21H18FNO3/c1-11-9-12(2)17-15(10-11)16(20(25)26)18(24)19(23-17)21(7-8-21)13-3-5-14(22)6-4-13/h3-6,9-10,24H,7-8H2,1-2H3,(H,25,26). The van der Waals surface area contributed by atoms with Crippen molar-refractivity contribution in [1.82, 2.24) is 4.98 Å². The molecule has 0 aliphatic heterocycles. The molecule has 1 saturated carbocycles. The van der Waals surface area contributed by atoms with Crippen LogP contribution in [-0.4, -0.2) is 21.2 Å². The van der Waals surface area contributed by atoms with Crippen LogP contribution in [0.3, 0.4) is 0 Å². The summed E-state index contributed by atoms with van der Waals surface area (Å²) in [7, 11) is 0. The van der Waals surface area contributed by atoms with Crippen molar-refractivity contribution in [2.75, 3.05) is 0 Å². The Kier molecular flexibility index (Phi) is 3.51. The number of pyridine rings is 1. The van der Waals surface area contributed by atoms with Crippen LogP contribution in [0, 0.1) is 19.7 Å². The normalized spacial score (nSPS) is 15.2. The molecule has 1 fully saturated rings. The lowest BCUT2D eigenvalue weighted by Crippen LogP contribution is -2.14. The number of benzene rings is 2. The van der Waals surface area contributed by atoms with E-state index in [0.717, 1.165) is 29.5 Å². The number of halogens is 1. The fourth-order valence-corrected chi connectivity index (χ4v) is 3.82. The van der Waals surface area contributed by atoms with Crippen molar-refractivity contribution in [3.63, 3.8) is 0 Å². The highest BCUT2D eigenvalue weighted by molar-refractivity contribution is 6.06. The number of aromatic hydroxyl groups is 1. The molecule has 2 aromatic carbocycles. The molecule has 1 aromatic heterocycles. The Hall–Kier alpha value is -2.95. The average molecular weight is 351 g/mol. The molecule has 0 saturated heterocycles. The second kappa shape index (κ2) is 5.53. The lowest BCUT2D eigenvalue weighted by Gasteiger charge is -2.20. The first kappa shape index (κ1) is 16.5. The molecule has 4 nitrogen and oxygen atoms in total. The summed E-state index contributed by atoms with van der Waals surface area (Å²) in [5.74, 6) is -1.81. The molecule has 132 valence electrons. The van der Waals surface area contributed by atoms with Gasteiger partial charge in [-0.05, 0) is 56.0 Å². The van der Waals surface area contributed by atoms with Gasteiger partial charge < -0.3 is 10.2 Å². The molecular formula is C21H18FNO3. The van der Waals surface area contributed by atoms with Crippen LogP contribution in [-0.2, 0) is 5.41 Å². The van der Waals surface area contributed by atoms with Crippen LogP contribution >= 0.6 is 0 Å². The van der Waals surface area contributed by atoms with Crippen LogP contribution in [0.15, 0.2) is 36.4 Å². The molecular weight excluding hydrogens is 333 g/mol. The Labute approximate surface area is 149 Å². The zero-order valence-corrected chi connectivity index (χ0v) is 14.5. The molecule has 0 spiro atoms. The first-order valence-electron chi connectivity index (χ1n) is 8.47. The zero-order valence-electron chi connectivity index (χ0n) is 14.5. The van der Waals surface area contributed by atoms with Crippen LogP contribution in [0.1, 0.15) is 45.6 Å². The number of fused-ring (bicyclic) bond motifs is 1. The predicted molar refractivity (Wildman–Crippen MR) is 96.3 cm³/mol. The first-order valence-corrected chi connectivity index (χ1v) is 8.47. The van der Waals surface area contributed by atoms with Crippen molar-refractivity contribution in [3.8, 4) is 5.75 Å². The maximum Gasteiger partial charge on any atom is 0.340 e. The molecule has 1 aliphatic rings. The largest absolute Gasteiger partial charge is 0.505 e. The highest BCUT2D eigenvalue weighted by Gasteiger charge is 2.50. The molecule has 1 aliphatic carbocycles. The number of carboxylic acid groups (broad SMARTS) is 1. The van der Waals surface area contributed by atoms with Crippen molar-refractivity contribution in [2.45, 2.75) is 32.1 Å². The fourth-order valence-electron chi connectivity index (χ4n) is 3.82. The molecule has 0 radical (unpaired) electrons. The highest BCUT2D eigenvalue weighted by atomic mass is 19.1. The van der Waals surface area contributed by atoms with E-state index >= 15 is 0 Å². The summed E-state index contributed by atoms with van der Waals surface area (Å²) in [6.07, 6.45) is 1.46. The maximum absolute atomic E-state index is 13.3. The Morgan fingerprint density at radius 2 is 1.81 bits per heavy atom. The molecule has 0 amide bonds. The van der Waals surface area contributed by atoms with Gasteiger partial charge in [0.05, 0.1) is 11.2 Å². The van der Waals surface area contributed by atoms with Crippen molar-refractivity contribution in [2.24, 2.45) is 0 Å². The molecule has 5 heteroatoms. The van der Waals surface area contributed by atoms with Gasteiger partial charge in [0, 0.05) is 10.8 Å². The Morgan fingerprint density at radius 1 is 1.15 bits per heavy atom. The summed E-state index contributed by atoms with van der Waals surface area (Å²) in [4.78, 5) is 16.6. The average Bonchev–Trinajstić information content (AvgIpc) is 3.36. The van der Waals surface area contributed by atoms with Crippen LogP contribution in [0.2, 0.25) is 0 Å². The van der Waals surface area contributed by atoms with Crippen LogP contribution in [0.25, 0.3) is 10.9 Å². The molecule has 3 aromatic rings. The lowest BCUT2D eigenvalue weighted by molar-refractivity contribution is 0.0695. The number of aromatic carboxylic acids is 1. The van der Waals surface area contributed by atoms with Gasteiger partial charge in [-0.3, -0.25) is 0 Å². The summed E-state index contributed by atoms with van der Waals surface area (Å²) in [5, 5.41) is 21.0. The fraction of sp³-hybridized carbons (Fsp3) is 0.238. The van der Waals surface area contributed by atoms with E-state index in [9.17, 15) is 19.4 Å². The zero-order chi connectivity index (χ0) is 18.6. The number of hydrogen-bond acceptors (Lipinski definition) is 3. The monoisotopic (exact) mass is 351 g/mol. The molecule has 26 heavy (non-hydrogen) atoms. The van der Waals surface area contributed by atoms with Gasteiger partial charge in [0.25, 0.3) is 0 Å². The van der Waals surface area contributed by atoms with Gasteiger partial charge in [-0.25, -0.2) is 14.2 Å². The molecule has 2 N–H and O–H groups in total. The third-order valence-corrected chi connectivity index (χ3v) is 5.21. The van der Waals surface area contributed by atoms with E-state index in [1.54, 1.807) is 18.2 Å². The van der Waals surface area contributed by atoms with Crippen LogP contribution in [0.5, 0.6) is 5.75 Å². The number of aromatic nitrogens is 1. The van der Waals surface area contributed by atoms with Gasteiger partial charge >= 0.3 is 5.97 Å². The number of rotatable bonds is 3. The Balaban J connectivity index is 2.04. The number of carboxylic acids is 1. The lowest BCUT2D eigenvalue weighted by atomic mass is 9.88. The van der Waals surface area contributed by atoms with Crippen molar-refractivity contribution in [3.05, 3.63) is 70.2 Å². The molecule has 0 bridgehead atoms. The van der Waals surface area contributed by atoms with E-state index in [1.165, 1.54) is 12.1 Å². The van der Waals surface area contributed by atoms with Crippen molar-refractivity contribution in [1.29, 1.82) is 0 Å². The number of hydrogen-bond donors (Lipinski definition) is 2. The second-order valence-electron chi connectivity index (χ2n) is 7.06. The van der Waals surface area contributed by atoms with Crippen LogP contribution < -0.4 is 0 Å². The quantitative estimate of drug-likeness (QED) is 0.730. The Morgan fingerprint density at radius 3 is 2.38 bits per heavy atom. The SMILES string of the molecule is Cc1cc(C)c2nc(C3(c4ccc(F)cc4)CC3)c(O)c(C(=O)O)c2c1. The summed E-state index contributed by atoms with van der Waals surface area (Å²) < 4.78 is 13.3. The molecule has 4 rings (SSSR count). The summed E-state index contributed by atoms with van der Waals surface area (Å²) in [6, 6.07) is 9.78. The van der Waals surface area contributed by atoms with E-state index in [-0.39, 0.29) is 17.1 Å². The smallest absolute Gasteiger partial charge is 0.340 e. The van der Waals surface area contributed by atoms with Gasteiger partial charge in [0.1, 0.15) is 11.4 Å². The van der Waals surface area contributed by atoms with E-state index in [4.69, 9.17) is 0 Å². The summed E-state index contributed by atoms with van der Waals surface area (Å²) in [6.45, 7) is 3.76. The van der Waals surface area contributed by atoms with Crippen LogP contribution in [0.4, 0.5) is 4.39 Å². The van der Waals surface area contributed by atoms with E-state index in [2.05, 4.69) is 4.98 Å². The van der Waals surface area contributed by atoms with Gasteiger partial charge in [-0.15, -0.1) is 0 Å². The second-order valence-corrected chi connectivity index (χ2v) is 7.06. The van der Waals surface area contributed by atoms with E-state index in [0.29, 0.717) is 16.6 Å². The summed E-state index contributed by atoms with van der Waals surface area (Å²) >= 11 is 0. The molecule has 0 unspecified atom stereocenters. The number of nitrogens with zero attached hydrogens (tertiary/aromatic N) is 1. The number of aryl methyl sites for hydroxylation is 2. The minimum atomic E-state index is -1.18. The summed E-state index contributed by atoms with van der Waals surface area (Å²) in [5.41, 5.74) is 2.86. The van der Waals surface area contributed by atoms with Crippen molar-refractivity contribution >= 4 is 16.9 Å². The highest BCUT2D eigenvalue weighted by Crippen LogP contribution is 2.56.